The number of ether oxygens (including phenoxy) is 1. The first kappa shape index (κ1) is 17.6. The lowest BCUT2D eigenvalue weighted by molar-refractivity contribution is -0.114. The molecule has 1 amide bonds. The quantitative estimate of drug-likeness (QED) is 0.601. The average molecular weight is 308 g/mol. The highest BCUT2D eigenvalue weighted by atomic mass is 32.1. The molecule has 0 atom stereocenters. The van der Waals surface area contributed by atoms with Crippen molar-refractivity contribution in [2.24, 2.45) is 0 Å². The predicted molar refractivity (Wildman–Crippen MR) is 90.8 cm³/mol. The number of carbonyl (C=O) groups is 1. The highest BCUT2D eigenvalue weighted by Crippen LogP contribution is 2.10. The highest BCUT2D eigenvalue weighted by molar-refractivity contribution is 7.82. The van der Waals surface area contributed by atoms with Gasteiger partial charge in [0.15, 0.2) is 4.99 Å². The summed E-state index contributed by atoms with van der Waals surface area (Å²) in [4.78, 5) is 12.0. The Morgan fingerprint density at radius 2 is 1.95 bits per heavy atom. The SMILES string of the molecule is CCc1ccc(NC(=S)C(=O)NCCCOC(C)C)cc1. The van der Waals surface area contributed by atoms with E-state index < -0.39 is 0 Å². The van der Waals surface area contributed by atoms with Gasteiger partial charge in [0, 0.05) is 18.8 Å². The van der Waals surface area contributed by atoms with Gasteiger partial charge in [-0.3, -0.25) is 4.79 Å². The van der Waals surface area contributed by atoms with Crippen molar-refractivity contribution in [2.45, 2.75) is 39.7 Å². The van der Waals surface area contributed by atoms with Crippen molar-refractivity contribution in [1.29, 1.82) is 0 Å². The van der Waals surface area contributed by atoms with Crippen molar-refractivity contribution in [1.82, 2.24) is 5.32 Å². The first-order chi connectivity index (χ1) is 10.0. The maximum Gasteiger partial charge on any atom is 0.279 e. The van der Waals surface area contributed by atoms with Gasteiger partial charge in [0.2, 0.25) is 0 Å². The molecule has 21 heavy (non-hydrogen) atoms. The zero-order valence-corrected chi connectivity index (χ0v) is 13.8. The molecular weight excluding hydrogens is 284 g/mol. The van der Waals surface area contributed by atoms with Crippen molar-refractivity contribution in [3.63, 3.8) is 0 Å². The Hall–Kier alpha value is -1.46. The van der Waals surface area contributed by atoms with Gasteiger partial charge >= 0.3 is 0 Å². The van der Waals surface area contributed by atoms with E-state index in [-0.39, 0.29) is 17.0 Å². The first-order valence-corrected chi connectivity index (χ1v) is 7.73. The number of amides is 1. The first-order valence-electron chi connectivity index (χ1n) is 7.32. The van der Waals surface area contributed by atoms with E-state index in [1.165, 1.54) is 5.56 Å². The molecule has 1 aromatic carbocycles. The smallest absolute Gasteiger partial charge is 0.279 e. The Morgan fingerprint density at radius 1 is 1.29 bits per heavy atom. The number of aryl methyl sites for hydroxylation is 1. The van der Waals surface area contributed by atoms with Crippen LogP contribution in [0.4, 0.5) is 5.69 Å². The molecule has 4 nitrogen and oxygen atoms in total. The van der Waals surface area contributed by atoms with Crippen LogP contribution in [0.2, 0.25) is 0 Å². The summed E-state index contributed by atoms with van der Waals surface area (Å²) in [6, 6.07) is 7.89. The molecule has 1 aromatic rings. The molecule has 0 radical (unpaired) electrons. The second-order valence-corrected chi connectivity index (χ2v) is 5.44. The summed E-state index contributed by atoms with van der Waals surface area (Å²) in [6.07, 6.45) is 1.98. The summed E-state index contributed by atoms with van der Waals surface area (Å²) < 4.78 is 5.40. The van der Waals surface area contributed by atoms with Crippen LogP contribution < -0.4 is 10.6 Å². The van der Waals surface area contributed by atoms with E-state index in [0.717, 1.165) is 18.5 Å². The largest absolute Gasteiger partial charge is 0.379 e. The van der Waals surface area contributed by atoms with Crippen LogP contribution in [0.1, 0.15) is 32.8 Å². The van der Waals surface area contributed by atoms with E-state index in [0.29, 0.717) is 13.2 Å². The topological polar surface area (TPSA) is 50.4 Å². The molecule has 0 heterocycles. The average Bonchev–Trinajstić information content (AvgIpc) is 2.47. The highest BCUT2D eigenvalue weighted by Gasteiger charge is 2.08. The lowest BCUT2D eigenvalue weighted by atomic mass is 10.1. The van der Waals surface area contributed by atoms with E-state index in [1.54, 1.807) is 0 Å². The standard InChI is InChI=1S/C16H24N2O2S/c1-4-13-6-8-14(9-7-13)18-16(21)15(19)17-10-5-11-20-12(2)3/h6-9,12H,4-5,10-11H2,1-3H3,(H,17,19)(H,18,21). The fourth-order valence-electron chi connectivity index (χ4n) is 1.69. The zero-order valence-electron chi connectivity index (χ0n) is 12.9. The molecule has 2 N–H and O–H groups in total. The van der Waals surface area contributed by atoms with Gasteiger partial charge in [-0.2, -0.15) is 0 Å². The minimum atomic E-state index is -0.255. The van der Waals surface area contributed by atoms with Crippen molar-refractivity contribution < 1.29 is 9.53 Å². The van der Waals surface area contributed by atoms with Gasteiger partial charge in [-0.25, -0.2) is 0 Å². The van der Waals surface area contributed by atoms with E-state index >= 15 is 0 Å². The molecule has 0 spiro atoms. The Labute approximate surface area is 132 Å². The number of benzene rings is 1. The molecule has 1 rings (SSSR count). The van der Waals surface area contributed by atoms with Gasteiger partial charge in [-0.05, 0) is 44.4 Å². The van der Waals surface area contributed by atoms with E-state index in [2.05, 4.69) is 17.6 Å². The van der Waals surface area contributed by atoms with Crippen molar-refractivity contribution in [3.8, 4) is 0 Å². The van der Waals surface area contributed by atoms with Gasteiger partial charge in [0.05, 0.1) is 6.10 Å². The number of nitrogens with one attached hydrogen (secondary N) is 2. The molecular formula is C16H24N2O2S. The van der Waals surface area contributed by atoms with E-state index in [4.69, 9.17) is 17.0 Å². The second-order valence-electron chi connectivity index (χ2n) is 5.03. The summed E-state index contributed by atoms with van der Waals surface area (Å²) in [7, 11) is 0. The summed E-state index contributed by atoms with van der Waals surface area (Å²) in [6.45, 7) is 7.27. The number of rotatable bonds is 7. The summed E-state index contributed by atoms with van der Waals surface area (Å²) in [5.74, 6) is -0.255. The molecule has 116 valence electrons. The van der Waals surface area contributed by atoms with Gasteiger partial charge < -0.3 is 15.4 Å². The van der Waals surface area contributed by atoms with Gasteiger partial charge in [0.25, 0.3) is 5.91 Å². The maximum atomic E-state index is 11.8. The Kier molecular flexibility index (Phi) is 7.93. The lowest BCUT2D eigenvalue weighted by Crippen LogP contribution is -2.35. The van der Waals surface area contributed by atoms with Crippen LogP contribution in [0.5, 0.6) is 0 Å². The number of carbonyl (C=O) groups excluding carboxylic acids is 1. The van der Waals surface area contributed by atoms with Crippen LogP contribution in [0, 0.1) is 0 Å². The van der Waals surface area contributed by atoms with Gasteiger partial charge in [0.1, 0.15) is 0 Å². The predicted octanol–water partition coefficient (Wildman–Crippen LogP) is 2.92. The Balaban J connectivity index is 2.28. The summed E-state index contributed by atoms with van der Waals surface area (Å²) in [5.41, 5.74) is 2.08. The molecule has 0 aliphatic carbocycles. The fraction of sp³-hybridized carbons (Fsp3) is 0.500. The van der Waals surface area contributed by atoms with Gasteiger partial charge in [-0.15, -0.1) is 0 Å². The molecule has 0 unspecified atom stereocenters. The minimum Gasteiger partial charge on any atom is -0.379 e. The number of hydrogen-bond acceptors (Lipinski definition) is 3. The van der Waals surface area contributed by atoms with Crippen molar-refractivity contribution in [2.75, 3.05) is 18.5 Å². The van der Waals surface area contributed by atoms with Crippen molar-refractivity contribution in [3.05, 3.63) is 29.8 Å². The molecule has 0 aliphatic heterocycles. The maximum absolute atomic E-state index is 11.8. The number of anilines is 1. The number of thiocarbonyl (C=S) groups is 1. The third-order valence-electron chi connectivity index (χ3n) is 2.88. The van der Waals surface area contributed by atoms with Crippen LogP contribution in [0.25, 0.3) is 0 Å². The number of hydrogen-bond donors (Lipinski definition) is 2. The van der Waals surface area contributed by atoms with Crippen LogP contribution in [-0.2, 0) is 16.0 Å². The third-order valence-corrected chi connectivity index (χ3v) is 3.17. The molecule has 0 saturated heterocycles. The molecule has 0 fully saturated rings. The zero-order chi connectivity index (χ0) is 15.7. The Morgan fingerprint density at radius 3 is 2.52 bits per heavy atom. The lowest BCUT2D eigenvalue weighted by Gasteiger charge is -2.10. The summed E-state index contributed by atoms with van der Waals surface area (Å²) in [5, 5.41) is 5.72. The van der Waals surface area contributed by atoms with Crippen LogP contribution in [0.15, 0.2) is 24.3 Å². The normalized spacial score (nSPS) is 10.5. The van der Waals surface area contributed by atoms with Crippen LogP contribution >= 0.6 is 12.2 Å². The van der Waals surface area contributed by atoms with E-state index in [1.807, 2.05) is 38.1 Å². The molecule has 5 heteroatoms. The van der Waals surface area contributed by atoms with Crippen molar-refractivity contribution >= 4 is 28.8 Å². The third kappa shape index (κ3) is 7.20. The summed E-state index contributed by atoms with van der Waals surface area (Å²) >= 11 is 5.09. The van der Waals surface area contributed by atoms with E-state index in [9.17, 15) is 4.79 Å². The molecule has 0 aromatic heterocycles. The fourth-order valence-corrected chi connectivity index (χ4v) is 1.88. The molecule has 0 bridgehead atoms. The second kappa shape index (κ2) is 9.47. The minimum absolute atomic E-state index is 0.184. The van der Waals surface area contributed by atoms with Crippen LogP contribution in [-0.4, -0.2) is 30.2 Å². The van der Waals surface area contributed by atoms with Gasteiger partial charge in [-0.1, -0.05) is 31.3 Å². The monoisotopic (exact) mass is 308 g/mol. The Bertz CT molecular complexity index is 458. The molecule has 0 saturated carbocycles. The van der Waals surface area contributed by atoms with Crippen LogP contribution in [0.3, 0.4) is 0 Å². The molecule has 0 aliphatic rings.